The Bertz CT molecular complexity index is 1230. The second-order valence-corrected chi connectivity index (χ2v) is 8.89. The molecule has 4 rings (SSSR count). The van der Waals surface area contributed by atoms with Crippen LogP contribution in [0.3, 0.4) is 0 Å². The van der Waals surface area contributed by atoms with E-state index < -0.39 is 11.8 Å². The first kappa shape index (κ1) is 25.1. The molecule has 0 radical (unpaired) electrons. The number of carbonyl (C=O) groups excluding carboxylic acids is 2. The van der Waals surface area contributed by atoms with Gasteiger partial charge in [0.25, 0.3) is 11.8 Å². The minimum atomic E-state index is -0.741. The number of aromatic nitrogens is 5. The lowest BCUT2D eigenvalue weighted by Crippen LogP contribution is -2.32. The SMILES string of the molecule is COCc1ccc(NC(=O)c2nc(C3CC3)cnc2Nc2cncnc2)c(C(=O)N(O)CC(C)C)n1. The van der Waals surface area contributed by atoms with Crippen molar-refractivity contribution in [1.82, 2.24) is 30.0 Å². The van der Waals surface area contributed by atoms with Crippen molar-refractivity contribution in [3.63, 3.8) is 0 Å². The predicted molar refractivity (Wildman–Crippen MR) is 130 cm³/mol. The molecule has 188 valence electrons. The minimum absolute atomic E-state index is 0.0233. The molecule has 1 saturated carbocycles. The third kappa shape index (κ3) is 6.15. The van der Waals surface area contributed by atoms with E-state index in [1.807, 2.05) is 13.8 Å². The van der Waals surface area contributed by atoms with Crippen LogP contribution in [0, 0.1) is 5.92 Å². The van der Waals surface area contributed by atoms with Crippen LogP contribution in [0.15, 0.2) is 37.1 Å². The van der Waals surface area contributed by atoms with Crippen molar-refractivity contribution in [1.29, 1.82) is 0 Å². The average molecular weight is 493 g/mol. The maximum atomic E-state index is 13.4. The summed E-state index contributed by atoms with van der Waals surface area (Å²) in [5.74, 6) is -0.825. The van der Waals surface area contributed by atoms with Crippen LogP contribution in [0.5, 0.6) is 0 Å². The molecule has 0 aliphatic heterocycles. The molecule has 0 aromatic carbocycles. The quantitative estimate of drug-likeness (QED) is 0.284. The van der Waals surface area contributed by atoms with Crippen LogP contribution in [0.25, 0.3) is 0 Å². The maximum absolute atomic E-state index is 13.4. The van der Waals surface area contributed by atoms with E-state index in [-0.39, 0.29) is 47.9 Å². The lowest BCUT2D eigenvalue weighted by Gasteiger charge is -2.19. The van der Waals surface area contributed by atoms with Crippen LogP contribution in [0.1, 0.15) is 65.0 Å². The second kappa shape index (κ2) is 11.1. The highest BCUT2D eigenvalue weighted by atomic mass is 16.5. The molecule has 12 nitrogen and oxygen atoms in total. The van der Waals surface area contributed by atoms with Gasteiger partial charge in [-0.2, -0.15) is 0 Å². The number of amides is 2. The normalized spacial score (nSPS) is 12.9. The van der Waals surface area contributed by atoms with Gasteiger partial charge in [0.15, 0.2) is 17.2 Å². The van der Waals surface area contributed by atoms with E-state index in [1.165, 1.54) is 13.4 Å². The van der Waals surface area contributed by atoms with E-state index in [2.05, 4.69) is 35.6 Å². The summed E-state index contributed by atoms with van der Waals surface area (Å²) < 4.78 is 5.12. The molecule has 36 heavy (non-hydrogen) atoms. The fourth-order valence-electron chi connectivity index (χ4n) is 3.45. The molecule has 1 fully saturated rings. The number of methoxy groups -OCH3 is 1. The van der Waals surface area contributed by atoms with Gasteiger partial charge in [0, 0.05) is 13.0 Å². The van der Waals surface area contributed by atoms with Crippen LogP contribution >= 0.6 is 0 Å². The lowest BCUT2D eigenvalue weighted by molar-refractivity contribution is -0.0651. The number of nitrogens with zero attached hydrogens (tertiary/aromatic N) is 6. The standard InChI is InChI=1S/C24H28N8O4/c1-14(2)11-32(35)24(34)20-18(7-6-16(28-20)12-36-3)31-23(33)21-22(29-17-8-25-13-26-9-17)27-10-19(30-21)15-4-5-15/h6-10,13-15,35H,4-5,11-12H2,1-3H3,(H,27,29)(H,31,33). The molecule has 2 amide bonds. The van der Waals surface area contributed by atoms with Crippen molar-refractivity contribution >= 4 is 29.0 Å². The van der Waals surface area contributed by atoms with Gasteiger partial charge in [0.1, 0.15) is 6.33 Å². The van der Waals surface area contributed by atoms with Gasteiger partial charge in [-0.15, -0.1) is 0 Å². The van der Waals surface area contributed by atoms with E-state index in [4.69, 9.17) is 4.74 Å². The summed E-state index contributed by atoms with van der Waals surface area (Å²) in [6.07, 6.45) is 8.10. The summed E-state index contributed by atoms with van der Waals surface area (Å²) in [5.41, 5.74) is 1.78. The first-order valence-electron chi connectivity index (χ1n) is 11.6. The summed E-state index contributed by atoms with van der Waals surface area (Å²) in [5, 5.41) is 16.6. The molecule has 12 heteroatoms. The first-order chi connectivity index (χ1) is 17.4. The van der Waals surface area contributed by atoms with Gasteiger partial charge in [-0.3, -0.25) is 14.8 Å². The van der Waals surface area contributed by atoms with Crippen molar-refractivity contribution in [2.45, 2.75) is 39.2 Å². The molecule has 3 heterocycles. The first-order valence-corrected chi connectivity index (χ1v) is 11.6. The number of ether oxygens (including phenoxy) is 1. The Kier molecular flexibility index (Phi) is 7.76. The summed E-state index contributed by atoms with van der Waals surface area (Å²) in [6, 6.07) is 3.18. The number of carbonyl (C=O) groups is 2. The topological polar surface area (TPSA) is 155 Å². The molecular formula is C24H28N8O4. The Morgan fingerprint density at radius 1 is 1.14 bits per heavy atom. The minimum Gasteiger partial charge on any atom is -0.378 e. The van der Waals surface area contributed by atoms with E-state index in [0.29, 0.717) is 16.4 Å². The van der Waals surface area contributed by atoms with Crippen molar-refractivity contribution in [2.75, 3.05) is 24.3 Å². The summed E-state index contributed by atoms with van der Waals surface area (Å²) in [6.45, 7) is 3.99. The third-order valence-corrected chi connectivity index (χ3v) is 5.29. The molecule has 0 saturated heterocycles. The average Bonchev–Trinajstić information content (AvgIpc) is 3.71. The molecule has 0 bridgehead atoms. The Morgan fingerprint density at radius 3 is 2.56 bits per heavy atom. The largest absolute Gasteiger partial charge is 0.378 e. The summed E-state index contributed by atoms with van der Waals surface area (Å²) in [7, 11) is 1.51. The molecule has 1 aliphatic carbocycles. The number of anilines is 3. The zero-order valence-electron chi connectivity index (χ0n) is 20.3. The van der Waals surface area contributed by atoms with Gasteiger partial charge in [-0.25, -0.2) is 30.0 Å². The van der Waals surface area contributed by atoms with Crippen LogP contribution < -0.4 is 10.6 Å². The van der Waals surface area contributed by atoms with Crippen molar-refractivity contribution in [3.8, 4) is 0 Å². The van der Waals surface area contributed by atoms with Crippen LogP contribution in [0.2, 0.25) is 0 Å². The zero-order valence-corrected chi connectivity index (χ0v) is 20.3. The van der Waals surface area contributed by atoms with Crippen molar-refractivity contribution in [2.24, 2.45) is 5.92 Å². The van der Waals surface area contributed by atoms with E-state index in [9.17, 15) is 14.8 Å². The number of hydroxylamine groups is 2. The van der Waals surface area contributed by atoms with Crippen molar-refractivity contribution in [3.05, 3.63) is 59.8 Å². The summed E-state index contributed by atoms with van der Waals surface area (Å²) >= 11 is 0. The highest BCUT2D eigenvalue weighted by Crippen LogP contribution is 2.39. The van der Waals surface area contributed by atoms with Crippen molar-refractivity contribution < 1.29 is 19.5 Å². The fraction of sp³-hybridized carbons (Fsp3) is 0.375. The molecule has 3 N–H and O–H groups in total. The number of nitrogens with one attached hydrogen (secondary N) is 2. The highest BCUT2D eigenvalue weighted by Gasteiger charge is 2.29. The Hall–Kier alpha value is -4.03. The molecule has 3 aromatic rings. The lowest BCUT2D eigenvalue weighted by atomic mass is 10.2. The fourth-order valence-corrected chi connectivity index (χ4v) is 3.45. The second-order valence-electron chi connectivity index (χ2n) is 8.89. The van der Waals surface area contributed by atoms with E-state index >= 15 is 0 Å². The van der Waals surface area contributed by atoms with E-state index in [1.54, 1.807) is 30.7 Å². The van der Waals surface area contributed by atoms with Gasteiger partial charge in [-0.05, 0) is 30.9 Å². The van der Waals surface area contributed by atoms with Gasteiger partial charge < -0.3 is 15.4 Å². The Labute approximate surface area is 208 Å². The molecule has 3 aromatic heterocycles. The Balaban J connectivity index is 1.66. The molecule has 0 spiro atoms. The predicted octanol–water partition coefficient (Wildman–Crippen LogP) is 3.17. The van der Waals surface area contributed by atoms with Gasteiger partial charge in [-0.1, -0.05) is 13.8 Å². The highest BCUT2D eigenvalue weighted by molar-refractivity contribution is 6.09. The number of rotatable bonds is 10. The van der Waals surface area contributed by atoms with Crippen LogP contribution in [0.4, 0.5) is 17.2 Å². The molecule has 0 atom stereocenters. The van der Waals surface area contributed by atoms with Gasteiger partial charge in [0.2, 0.25) is 0 Å². The van der Waals surface area contributed by atoms with Crippen LogP contribution in [-0.4, -0.2) is 60.7 Å². The monoisotopic (exact) mass is 492 g/mol. The number of hydrogen-bond acceptors (Lipinski definition) is 10. The molecule has 1 aliphatic rings. The van der Waals surface area contributed by atoms with Crippen LogP contribution in [-0.2, 0) is 11.3 Å². The number of pyridine rings is 1. The smallest absolute Gasteiger partial charge is 0.297 e. The molecular weight excluding hydrogens is 464 g/mol. The third-order valence-electron chi connectivity index (χ3n) is 5.29. The van der Waals surface area contributed by atoms with E-state index in [0.717, 1.165) is 18.5 Å². The number of hydrogen-bond donors (Lipinski definition) is 3. The van der Waals surface area contributed by atoms with Gasteiger partial charge in [0.05, 0.1) is 54.5 Å². The zero-order chi connectivity index (χ0) is 25.7. The maximum Gasteiger partial charge on any atom is 0.297 e. The Morgan fingerprint density at radius 2 is 1.89 bits per heavy atom. The summed E-state index contributed by atoms with van der Waals surface area (Å²) in [4.78, 5) is 47.7. The molecule has 0 unspecified atom stereocenters. The van der Waals surface area contributed by atoms with Gasteiger partial charge >= 0.3 is 0 Å².